The number of rotatable bonds is 5. The number of esters is 1. The van der Waals surface area contributed by atoms with Crippen LogP contribution >= 0.6 is 0 Å². The van der Waals surface area contributed by atoms with Crippen LogP contribution in [0.1, 0.15) is 32.2 Å². The maximum atomic E-state index is 11.5. The molecular weight excluding hydrogens is 280 g/mol. The van der Waals surface area contributed by atoms with Crippen molar-refractivity contribution >= 4 is 5.97 Å². The molecule has 0 aliphatic rings. The van der Waals surface area contributed by atoms with Gasteiger partial charge >= 0.3 is 5.97 Å². The van der Waals surface area contributed by atoms with Crippen LogP contribution in [0.4, 0.5) is 0 Å². The molecule has 0 radical (unpaired) electrons. The molecule has 0 aromatic carbocycles. The Bertz CT molecular complexity index is 675. The predicted molar refractivity (Wildman–Crippen MR) is 82.7 cm³/mol. The fourth-order valence-corrected chi connectivity index (χ4v) is 1.93. The van der Waals surface area contributed by atoms with Crippen LogP contribution in [0.2, 0.25) is 0 Å². The average Bonchev–Trinajstić information content (AvgIpc) is 2.99. The second-order valence-corrected chi connectivity index (χ2v) is 5.47. The van der Waals surface area contributed by atoms with Gasteiger partial charge in [-0.25, -0.2) is 19.7 Å². The monoisotopic (exact) mass is 300 g/mol. The van der Waals surface area contributed by atoms with Gasteiger partial charge in [-0.3, -0.25) is 4.57 Å². The van der Waals surface area contributed by atoms with Gasteiger partial charge in [0.05, 0.1) is 12.3 Å². The van der Waals surface area contributed by atoms with E-state index in [-0.39, 0.29) is 5.97 Å². The van der Waals surface area contributed by atoms with Gasteiger partial charge in [0.15, 0.2) is 0 Å². The van der Waals surface area contributed by atoms with E-state index in [1.165, 1.54) is 6.08 Å². The third-order valence-electron chi connectivity index (χ3n) is 3.16. The van der Waals surface area contributed by atoms with Gasteiger partial charge < -0.3 is 4.74 Å². The van der Waals surface area contributed by atoms with E-state index in [1.807, 2.05) is 26.8 Å². The van der Waals surface area contributed by atoms with E-state index in [4.69, 9.17) is 4.74 Å². The van der Waals surface area contributed by atoms with E-state index in [0.29, 0.717) is 12.6 Å². The lowest BCUT2D eigenvalue weighted by Gasteiger charge is -2.20. The molecule has 0 aliphatic carbocycles. The highest BCUT2D eigenvalue weighted by Crippen LogP contribution is 2.24. The van der Waals surface area contributed by atoms with Gasteiger partial charge in [-0.05, 0) is 19.9 Å². The fraction of sp³-hybridized carbons (Fsp3) is 0.375. The molecule has 0 spiro atoms. The number of aromatic nitrogens is 4. The summed E-state index contributed by atoms with van der Waals surface area (Å²) in [7, 11) is 0. The van der Waals surface area contributed by atoms with E-state index >= 15 is 0 Å². The van der Waals surface area contributed by atoms with E-state index in [1.54, 1.807) is 36.3 Å². The highest BCUT2D eigenvalue weighted by molar-refractivity contribution is 5.82. The average molecular weight is 300 g/mol. The SMILES string of the molecule is CCOC(=O)/C=C/C(C)(C)c1cc(C)nc(-n2ccnc2)n1. The first kappa shape index (κ1) is 15.9. The van der Waals surface area contributed by atoms with Crippen molar-refractivity contribution in [1.82, 2.24) is 19.5 Å². The topological polar surface area (TPSA) is 69.9 Å². The second kappa shape index (κ2) is 6.51. The standard InChI is InChI=1S/C16H20N4O2/c1-5-22-14(21)6-7-16(3,4)13-10-12(2)18-15(19-13)20-9-8-17-11-20/h6-11H,5H2,1-4H3/b7-6+. The summed E-state index contributed by atoms with van der Waals surface area (Å²) in [5.41, 5.74) is 1.26. The van der Waals surface area contributed by atoms with E-state index < -0.39 is 5.41 Å². The number of nitrogens with zero attached hydrogens (tertiary/aromatic N) is 4. The van der Waals surface area contributed by atoms with Crippen molar-refractivity contribution in [2.45, 2.75) is 33.1 Å². The molecule has 0 atom stereocenters. The van der Waals surface area contributed by atoms with Gasteiger partial charge in [0.1, 0.15) is 6.33 Å². The quantitative estimate of drug-likeness (QED) is 0.626. The number of aryl methyl sites for hydroxylation is 1. The Morgan fingerprint density at radius 2 is 2.18 bits per heavy atom. The summed E-state index contributed by atoms with van der Waals surface area (Å²) in [5, 5.41) is 0. The third-order valence-corrected chi connectivity index (χ3v) is 3.16. The Balaban J connectivity index is 2.32. The summed E-state index contributed by atoms with van der Waals surface area (Å²) in [4.78, 5) is 24.5. The Labute approximate surface area is 129 Å². The molecular formula is C16H20N4O2. The lowest BCUT2D eigenvalue weighted by Crippen LogP contribution is -2.19. The van der Waals surface area contributed by atoms with Crippen LogP contribution < -0.4 is 0 Å². The van der Waals surface area contributed by atoms with Crippen molar-refractivity contribution in [2.24, 2.45) is 0 Å². The zero-order chi connectivity index (χ0) is 16.2. The molecule has 2 heterocycles. The van der Waals surface area contributed by atoms with Gasteiger partial charge in [-0.2, -0.15) is 0 Å². The molecule has 0 unspecified atom stereocenters. The number of ether oxygens (including phenoxy) is 1. The number of hydrogen-bond donors (Lipinski definition) is 0. The van der Waals surface area contributed by atoms with Crippen LogP contribution in [-0.2, 0) is 14.9 Å². The Morgan fingerprint density at radius 1 is 1.41 bits per heavy atom. The van der Waals surface area contributed by atoms with Crippen LogP contribution in [-0.4, -0.2) is 32.1 Å². The molecule has 0 saturated heterocycles. The van der Waals surface area contributed by atoms with Gasteiger partial charge in [0.25, 0.3) is 0 Å². The van der Waals surface area contributed by atoms with Crippen molar-refractivity contribution in [1.29, 1.82) is 0 Å². The summed E-state index contributed by atoms with van der Waals surface area (Å²) in [5.74, 6) is 0.210. The van der Waals surface area contributed by atoms with Gasteiger partial charge in [0, 0.05) is 29.6 Å². The van der Waals surface area contributed by atoms with Crippen molar-refractivity contribution < 1.29 is 9.53 Å². The summed E-state index contributed by atoms with van der Waals surface area (Å²) in [6.45, 7) is 8.03. The van der Waals surface area contributed by atoms with Gasteiger partial charge in [-0.1, -0.05) is 19.9 Å². The van der Waals surface area contributed by atoms with Crippen LogP contribution in [0.25, 0.3) is 5.95 Å². The van der Waals surface area contributed by atoms with Crippen molar-refractivity contribution in [3.63, 3.8) is 0 Å². The first-order valence-corrected chi connectivity index (χ1v) is 7.13. The van der Waals surface area contributed by atoms with Crippen molar-refractivity contribution in [3.8, 4) is 5.95 Å². The van der Waals surface area contributed by atoms with Crippen molar-refractivity contribution in [2.75, 3.05) is 6.61 Å². The number of hydrogen-bond acceptors (Lipinski definition) is 5. The minimum absolute atomic E-state index is 0.351. The largest absolute Gasteiger partial charge is 0.463 e. The molecule has 0 fully saturated rings. The normalized spacial score (nSPS) is 11.8. The lowest BCUT2D eigenvalue weighted by molar-refractivity contribution is -0.137. The minimum atomic E-state index is -0.421. The smallest absolute Gasteiger partial charge is 0.330 e. The first-order chi connectivity index (χ1) is 10.4. The zero-order valence-electron chi connectivity index (χ0n) is 13.3. The van der Waals surface area contributed by atoms with Crippen LogP contribution in [0.5, 0.6) is 0 Å². The number of allylic oxidation sites excluding steroid dienone is 1. The van der Waals surface area contributed by atoms with Crippen molar-refractivity contribution in [3.05, 3.63) is 48.3 Å². The molecule has 22 heavy (non-hydrogen) atoms. The molecule has 2 rings (SSSR count). The molecule has 6 nitrogen and oxygen atoms in total. The molecule has 2 aromatic heterocycles. The molecule has 116 valence electrons. The van der Waals surface area contributed by atoms with Gasteiger partial charge in [-0.15, -0.1) is 0 Å². The maximum Gasteiger partial charge on any atom is 0.330 e. The molecule has 0 saturated carbocycles. The minimum Gasteiger partial charge on any atom is -0.463 e. The fourth-order valence-electron chi connectivity index (χ4n) is 1.93. The van der Waals surface area contributed by atoms with Gasteiger partial charge in [0.2, 0.25) is 5.95 Å². The first-order valence-electron chi connectivity index (χ1n) is 7.13. The summed E-state index contributed by atoms with van der Waals surface area (Å²) in [6.07, 6.45) is 8.36. The third kappa shape index (κ3) is 3.78. The maximum absolute atomic E-state index is 11.5. The van der Waals surface area contributed by atoms with E-state index in [0.717, 1.165) is 11.4 Å². The molecule has 0 N–H and O–H groups in total. The Kier molecular flexibility index (Phi) is 4.70. The molecule has 6 heteroatoms. The van der Waals surface area contributed by atoms with E-state index in [2.05, 4.69) is 15.0 Å². The predicted octanol–water partition coefficient (Wildman–Crippen LogP) is 2.37. The van der Waals surface area contributed by atoms with E-state index in [9.17, 15) is 4.79 Å². The highest BCUT2D eigenvalue weighted by atomic mass is 16.5. The molecule has 2 aromatic rings. The second-order valence-electron chi connectivity index (χ2n) is 5.47. The summed E-state index contributed by atoms with van der Waals surface area (Å²) in [6, 6.07) is 1.91. The Morgan fingerprint density at radius 3 is 2.82 bits per heavy atom. The summed E-state index contributed by atoms with van der Waals surface area (Å²) >= 11 is 0. The Hall–Kier alpha value is -2.50. The van der Waals surface area contributed by atoms with Crippen LogP contribution in [0.15, 0.2) is 36.9 Å². The number of carbonyl (C=O) groups excluding carboxylic acids is 1. The lowest BCUT2D eigenvalue weighted by atomic mass is 9.88. The zero-order valence-corrected chi connectivity index (χ0v) is 13.3. The number of carbonyl (C=O) groups is 1. The molecule has 0 amide bonds. The summed E-state index contributed by atoms with van der Waals surface area (Å²) < 4.78 is 6.66. The van der Waals surface area contributed by atoms with Crippen LogP contribution in [0.3, 0.4) is 0 Å². The molecule has 0 bridgehead atoms. The highest BCUT2D eigenvalue weighted by Gasteiger charge is 2.21. The molecule has 0 aliphatic heterocycles. The number of imidazole rings is 1. The van der Waals surface area contributed by atoms with Crippen LogP contribution in [0, 0.1) is 6.92 Å².